The first-order chi connectivity index (χ1) is 7.15. The molecule has 0 aliphatic carbocycles. The van der Waals surface area contributed by atoms with Gasteiger partial charge in [0, 0.05) is 23.6 Å². The van der Waals surface area contributed by atoms with E-state index in [9.17, 15) is 4.79 Å². The van der Waals surface area contributed by atoms with Crippen molar-refractivity contribution in [1.29, 1.82) is 0 Å². The Balaban J connectivity index is 2.61. The molecule has 0 bridgehead atoms. The molecular weight excluding hydrogens is 254 g/mol. The number of aryl methyl sites for hydroxylation is 1. The number of rotatable bonds is 5. The van der Waals surface area contributed by atoms with Crippen LogP contribution in [0.3, 0.4) is 0 Å². The van der Waals surface area contributed by atoms with E-state index < -0.39 is 0 Å². The number of alkyl halides is 1. The quantitative estimate of drug-likeness (QED) is 0.755. The second-order valence-corrected chi connectivity index (χ2v) is 4.82. The van der Waals surface area contributed by atoms with E-state index in [0.717, 1.165) is 24.0 Å². The van der Waals surface area contributed by atoms with Crippen LogP contribution in [0.5, 0.6) is 0 Å². The van der Waals surface area contributed by atoms with Gasteiger partial charge in [0.2, 0.25) is 0 Å². The van der Waals surface area contributed by atoms with Crippen LogP contribution in [0.25, 0.3) is 0 Å². The van der Waals surface area contributed by atoms with Gasteiger partial charge in [-0.2, -0.15) is 0 Å². The van der Waals surface area contributed by atoms with E-state index in [0.29, 0.717) is 5.92 Å². The monoisotopic (exact) mass is 271 g/mol. The maximum Gasteiger partial charge on any atom is 0.250 e. The highest BCUT2D eigenvalue weighted by Crippen LogP contribution is 2.10. The lowest BCUT2D eigenvalue weighted by Gasteiger charge is -2.12. The van der Waals surface area contributed by atoms with E-state index in [-0.39, 0.29) is 5.56 Å². The summed E-state index contributed by atoms with van der Waals surface area (Å²) >= 11 is 3.44. The molecule has 0 fully saturated rings. The Bertz CT molecular complexity index is 359. The third-order valence-electron chi connectivity index (χ3n) is 2.72. The van der Waals surface area contributed by atoms with Crippen molar-refractivity contribution in [3.05, 3.63) is 34.2 Å². The molecule has 3 heteroatoms. The zero-order valence-corrected chi connectivity index (χ0v) is 11.0. The molecule has 1 heterocycles. The number of pyridine rings is 1. The minimum Gasteiger partial charge on any atom is -0.313 e. The molecule has 0 saturated heterocycles. The Morgan fingerprint density at radius 3 is 2.73 bits per heavy atom. The second-order valence-electron chi connectivity index (χ2n) is 4.03. The molecule has 0 radical (unpaired) electrons. The minimum atomic E-state index is 0.112. The van der Waals surface area contributed by atoms with Crippen molar-refractivity contribution in [2.75, 3.05) is 5.33 Å². The van der Waals surface area contributed by atoms with E-state index in [4.69, 9.17) is 0 Å². The Hall–Kier alpha value is -0.570. The van der Waals surface area contributed by atoms with Crippen molar-refractivity contribution in [3.8, 4) is 0 Å². The number of halogens is 1. The van der Waals surface area contributed by atoms with Gasteiger partial charge in [-0.25, -0.2) is 0 Å². The molecule has 1 atom stereocenters. The van der Waals surface area contributed by atoms with Gasteiger partial charge in [0.1, 0.15) is 0 Å². The summed E-state index contributed by atoms with van der Waals surface area (Å²) in [5.74, 6) is 0.663. The summed E-state index contributed by atoms with van der Waals surface area (Å²) in [6.45, 7) is 5.04. The third kappa shape index (κ3) is 3.82. The predicted molar refractivity (Wildman–Crippen MR) is 67.6 cm³/mol. The lowest BCUT2D eigenvalue weighted by Crippen LogP contribution is -2.21. The Labute approximate surface area is 99.4 Å². The highest BCUT2D eigenvalue weighted by atomic mass is 79.9. The SMILES string of the molecule is Cc1cccc(=O)n1CCC(C)CCBr. The number of hydrogen-bond acceptors (Lipinski definition) is 1. The fraction of sp³-hybridized carbons (Fsp3) is 0.583. The minimum absolute atomic E-state index is 0.112. The van der Waals surface area contributed by atoms with Crippen LogP contribution in [0.2, 0.25) is 0 Å². The lowest BCUT2D eigenvalue weighted by atomic mass is 10.1. The first-order valence-corrected chi connectivity index (χ1v) is 6.49. The van der Waals surface area contributed by atoms with Crippen LogP contribution in [-0.2, 0) is 6.54 Å². The molecule has 2 nitrogen and oxygen atoms in total. The van der Waals surface area contributed by atoms with Gasteiger partial charge >= 0.3 is 0 Å². The Kier molecular flexibility index (Phi) is 5.09. The highest BCUT2D eigenvalue weighted by molar-refractivity contribution is 9.09. The van der Waals surface area contributed by atoms with Gasteiger partial charge < -0.3 is 4.57 Å². The molecule has 0 aliphatic heterocycles. The number of nitrogens with zero attached hydrogens (tertiary/aromatic N) is 1. The Morgan fingerprint density at radius 1 is 1.40 bits per heavy atom. The molecule has 0 spiro atoms. The van der Waals surface area contributed by atoms with Crippen LogP contribution in [0, 0.1) is 12.8 Å². The number of aromatic nitrogens is 1. The molecule has 0 aliphatic rings. The van der Waals surface area contributed by atoms with E-state index in [1.807, 2.05) is 23.6 Å². The van der Waals surface area contributed by atoms with E-state index in [1.165, 1.54) is 6.42 Å². The largest absolute Gasteiger partial charge is 0.313 e. The summed E-state index contributed by atoms with van der Waals surface area (Å²) in [6, 6.07) is 5.43. The van der Waals surface area contributed by atoms with E-state index in [2.05, 4.69) is 22.9 Å². The van der Waals surface area contributed by atoms with Gasteiger partial charge in [-0.15, -0.1) is 0 Å². The molecule has 0 N–H and O–H groups in total. The molecule has 1 aromatic rings. The summed E-state index contributed by atoms with van der Waals surface area (Å²) in [4.78, 5) is 11.6. The van der Waals surface area contributed by atoms with Gasteiger partial charge in [0.05, 0.1) is 0 Å². The van der Waals surface area contributed by atoms with Gasteiger partial charge in [0.15, 0.2) is 0 Å². The van der Waals surface area contributed by atoms with E-state index >= 15 is 0 Å². The van der Waals surface area contributed by atoms with Gasteiger partial charge in [-0.05, 0) is 31.7 Å². The van der Waals surface area contributed by atoms with Crippen molar-refractivity contribution in [2.24, 2.45) is 5.92 Å². The van der Waals surface area contributed by atoms with Crippen molar-refractivity contribution in [1.82, 2.24) is 4.57 Å². The van der Waals surface area contributed by atoms with Crippen molar-refractivity contribution in [3.63, 3.8) is 0 Å². The number of hydrogen-bond donors (Lipinski definition) is 0. The first kappa shape index (κ1) is 12.5. The lowest BCUT2D eigenvalue weighted by molar-refractivity contribution is 0.462. The predicted octanol–water partition coefficient (Wildman–Crippen LogP) is 2.97. The van der Waals surface area contributed by atoms with Crippen LogP contribution in [0.1, 0.15) is 25.5 Å². The molecule has 0 aromatic carbocycles. The molecule has 1 aromatic heterocycles. The topological polar surface area (TPSA) is 22.0 Å². The first-order valence-electron chi connectivity index (χ1n) is 5.37. The molecular formula is C12H18BrNO. The Morgan fingerprint density at radius 2 is 2.13 bits per heavy atom. The molecule has 0 saturated carbocycles. The summed E-state index contributed by atoms with van der Waals surface area (Å²) in [5.41, 5.74) is 1.16. The maximum atomic E-state index is 11.6. The van der Waals surface area contributed by atoms with Crippen molar-refractivity contribution < 1.29 is 0 Å². The average molecular weight is 272 g/mol. The van der Waals surface area contributed by atoms with Crippen LogP contribution in [0.4, 0.5) is 0 Å². The molecule has 1 unspecified atom stereocenters. The molecule has 84 valence electrons. The van der Waals surface area contributed by atoms with Crippen molar-refractivity contribution in [2.45, 2.75) is 33.2 Å². The van der Waals surface area contributed by atoms with E-state index in [1.54, 1.807) is 6.07 Å². The zero-order valence-electron chi connectivity index (χ0n) is 9.37. The summed E-state index contributed by atoms with van der Waals surface area (Å²) in [5, 5.41) is 1.04. The smallest absolute Gasteiger partial charge is 0.250 e. The van der Waals surface area contributed by atoms with Gasteiger partial charge in [0.25, 0.3) is 5.56 Å². The van der Waals surface area contributed by atoms with Gasteiger partial charge in [-0.1, -0.05) is 28.9 Å². The standard InChI is InChI=1S/C12H18BrNO/c1-10(6-8-13)7-9-14-11(2)4-3-5-12(14)15/h3-5,10H,6-9H2,1-2H3. The summed E-state index contributed by atoms with van der Waals surface area (Å²) in [6.07, 6.45) is 2.23. The summed E-state index contributed by atoms with van der Waals surface area (Å²) in [7, 11) is 0. The van der Waals surface area contributed by atoms with Crippen LogP contribution >= 0.6 is 15.9 Å². The van der Waals surface area contributed by atoms with Crippen LogP contribution in [-0.4, -0.2) is 9.90 Å². The second kappa shape index (κ2) is 6.11. The molecule has 1 rings (SSSR count). The molecule has 0 amide bonds. The van der Waals surface area contributed by atoms with Crippen molar-refractivity contribution >= 4 is 15.9 Å². The normalized spacial score (nSPS) is 12.7. The average Bonchev–Trinajstić information content (AvgIpc) is 2.17. The van der Waals surface area contributed by atoms with Crippen LogP contribution in [0.15, 0.2) is 23.0 Å². The van der Waals surface area contributed by atoms with Crippen LogP contribution < -0.4 is 5.56 Å². The fourth-order valence-electron chi connectivity index (χ4n) is 1.59. The molecule has 15 heavy (non-hydrogen) atoms. The maximum absolute atomic E-state index is 11.6. The third-order valence-corrected chi connectivity index (χ3v) is 3.17. The van der Waals surface area contributed by atoms with Gasteiger partial charge in [-0.3, -0.25) is 4.79 Å². The highest BCUT2D eigenvalue weighted by Gasteiger charge is 2.03. The summed E-state index contributed by atoms with van der Waals surface area (Å²) < 4.78 is 1.85. The zero-order chi connectivity index (χ0) is 11.3. The fourth-order valence-corrected chi connectivity index (χ4v) is 2.37.